The van der Waals surface area contributed by atoms with Gasteiger partial charge in [0.05, 0.1) is 55.7 Å². The average Bonchev–Trinajstić information content (AvgIpc) is 4.04. The van der Waals surface area contributed by atoms with Gasteiger partial charge in [-0.2, -0.15) is 10.5 Å². The molecule has 0 aliphatic carbocycles. The van der Waals surface area contributed by atoms with Crippen molar-refractivity contribution < 1.29 is 0 Å². The van der Waals surface area contributed by atoms with Gasteiger partial charge in [0.15, 0.2) is 5.82 Å². The second-order valence-electron chi connectivity index (χ2n) is 16.8. The lowest BCUT2D eigenvalue weighted by atomic mass is 9.98. The molecule has 13 rings (SSSR count). The maximum atomic E-state index is 11.2. The van der Waals surface area contributed by atoms with Crippen molar-refractivity contribution in [2.75, 3.05) is 0 Å². The second kappa shape index (κ2) is 15.0. The molecule has 7 nitrogen and oxygen atoms in total. The molecule has 0 saturated carbocycles. The van der Waals surface area contributed by atoms with Crippen LogP contribution in [-0.2, 0) is 0 Å². The Kier molecular flexibility index (Phi) is 8.51. The molecule has 67 heavy (non-hydrogen) atoms. The van der Waals surface area contributed by atoms with Crippen molar-refractivity contribution in [3.05, 3.63) is 223 Å². The van der Waals surface area contributed by atoms with E-state index < -0.39 is 0 Å². The Hall–Kier alpha value is -9.56. The highest BCUT2D eigenvalue weighted by molar-refractivity contribution is 6.24. The molecule has 310 valence electrons. The number of nitriles is 2. The lowest BCUT2D eigenvalue weighted by Gasteiger charge is -2.16. The van der Waals surface area contributed by atoms with Crippen LogP contribution in [0, 0.1) is 22.7 Å². The number of hydrogen-bond acceptors (Lipinski definition) is 4. The van der Waals surface area contributed by atoms with E-state index in [1.807, 2.05) is 66.7 Å². The quantitative estimate of drug-likeness (QED) is 0.167. The van der Waals surface area contributed by atoms with Crippen LogP contribution in [0.3, 0.4) is 0 Å². The molecule has 0 aliphatic rings. The highest BCUT2D eigenvalue weighted by atomic mass is 15.0. The van der Waals surface area contributed by atoms with Crippen molar-refractivity contribution in [3.8, 4) is 63.1 Å². The van der Waals surface area contributed by atoms with Gasteiger partial charge in [-0.15, -0.1) is 0 Å². The number of rotatable bonds is 6. The summed E-state index contributed by atoms with van der Waals surface area (Å²) >= 11 is 0. The Balaban J connectivity index is 1.05. The van der Waals surface area contributed by atoms with Crippen LogP contribution >= 0.6 is 0 Å². The summed E-state index contributed by atoms with van der Waals surface area (Å²) in [5.41, 5.74) is 13.2. The van der Waals surface area contributed by atoms with Crippen molar-refractivity contribution in [1.82, 2.24) is 23.7 Å². The number of nitrogens with zero attached hydrogens (tertiary/aromatic N) is 7. The summed E-state index contributed by atoms with van der Waals surface area (Å²) in [6, 6.07) is 77.6. The van der Waals surface area contributed by atoms with E-state index >= 15 is 0 Å². The van der Waals surface area contributed by atoms with E-state index in [0.29, 0.717) is 33.9 Å². The fourth-order valence-electron chi connectivity index (χ4n) is 10.2. The molecular formula is C60H35N7. The normalized spacial score (nSPS) is 11.6. The maximum absolute atomic E-state index is 11.2. The first-order valence-corrected chi connectivity index (χ1v) is 22.2. The van der Waals surface area contributed by atoms with E-state index in [9.17, 15) is 10.5 Å². The van der Waals surface area contributed by atoms with Gasteiger partial charge in [-0.1, -0.05) is 140 Å². The zero-order valence-electron chi connectivity index (χ0n) is 35.8. The molecule has 0 aliphatic heterocycles. The largest absolute Gasteiger partial charge is 0.309 e. The van der Waals surface area contributed by atoms with Gasteiger partial charge in [0.2, 0.25) is 0 Å². The van der Waals surface area contributed by atoms with Crippen LogP contribution in [0.2, 0.25) is 0 Å². The SMILES string of the molecule is N#Cc1cc(-c2nc(-c3ccc4c(c3)c3ccccc3n4-c3ccccc3)nc(-c3ccccc3)c2C#N)ccc1-n1c2ccccc2c2ccc3c4ccccc4n(-c4ccccc4)c3c21. The predicted octanol–water partition coefficient (Wildman–Crippen LogP) is 14.5. The van der Waals surface area contributed by atoms with Crippen LogP contribution in [0.5, 0.6) is 0 Å². The summed E-state index contributed by atoms with van der Waals surface area (Å²) in [5.74, 6) is 0.479. The number of fused-ring (bicyclic) bond motifs is 10. The minimum absolute atomic E-state index is 0.333. The first-order valence-electron chi connectivity index (χ1n) is 22.2. The molecule has 0 spiro atoms. The molecule has 4 aromatic heterocycles. The molecule has 0 bridgehead atoms. The van der Waals surface area contributed by atoms with E-state index in [4.69, 9.17) is 9.97 Å². The zero-order chi connectivity index (χ0) is 44.6. The number of para-hydroxylation sites is 5. The Bertz CT molecular complexity index is 4220. The van der Waals surface area contributed by atoms with E-state index in [1.54, 1.807) is 0 Å². The van der Waals surface area contributed by atoms with E-state index in [2.05, 4.69) is 171 Å². The monoisotopic (exact) mass is 853 g/mol. The molecule has 13 aromatic rings. The van der Waals surface area contributed by atoms with Gasteiger partial charge in [-0.25, -0.2) is 9.97 Å². The molecule has 0 N–H and O–H groups in total. The third-order valence-electron chi connectivity index (χ3n) is 13.1. The summed E-state index contributed by atoms with van der Waals surface area (Å²) < 4.78 is 6.86. The summed E-state index contributed by atoms with van der Waals surface area (Å²) in [6.07, 6.45) is 0. The minimum atomic E-state index is 0.333. The van der Waals surface area contributed by atoms with Crippen molar-refractivity contribution in [1.29, 1.82) is 10.5 Å². The number of hydrogen-bond donors (Lipinski definition) is 0. The highest BCUT2D eigenvalue weighted by Crippen LogP contribution is 2.43. The summed E-state index contributed by atoms with van der Waals surface area (Å²) in [6.45, 7) is 0. The highest BCUT2D eigenvalue weighted by Gasteiger charge is 2.25. The van der Waals surface area contributed by atoms with Gasteiger partial charge in [-0.05, 0) is 72.8 Å². The van der Waals surface area contributed by atoms with Crippen LogP contribution in [-0.4, -0.2) is 23.7 Å². The van der Waals surface area contributed by atoms with E-state index in [-0.39, 0.29) is 0 Å². The Labute approximate surface area is 384 Å². The van der Waals surface area contributed by atoms with Gasteiger partial charge >= 0.3 is 0 Å². The van der Waals surface area contributed by atoms with E-state index in [0.717, 1.165) is 93.6 Å². The van der Waals surface area contributed by atoms with Crippen LogP contribution in [0.4, 0.5) is 0 Å². The van der Waals surface area contributed by atoms with Gasteiger partial charge in [0.1, 0.15) is 17.7 Å². The fourth-order valence-corrected chi connectivity index (χ4v) is 10.2. The third-order valence-corrected chi connectivity index (χ3v) is 13.1. The Morgan fingerprint density at radius 3 is 1.43 bits per heavy atom. The molecule has 0 radical (unpaired) electrons. The molecule has 0 saturated heterocycles. The van der Waals surface area contributed by atoms with Gasteiger partial charge in [0.25, 0.3) is 0 Å². The van der Waals surface area contributed by atoms with Crippen molar-refractivity contribution in [2.45, 2.75) is 0 Å². The molecule has 7 heteroatoms. The van der Waals surface area contributed by atoms with Gasteiger partial charge < -0.3 is 13.7 Å². The standard InChI is InChI=1S/C60H35N7/c61-36-41-34-39(28-32-51(41)67-54-27-15-11-23-45(54)48-31-30-47-44-22-10-14-26-53(44)66(58(47)59(48)67)43-20-8-3-9-21-43)57-50(37-62)56(38-16-4-1-5-17-38)63-60(64-57)40-29-33-55-49(35-40)46-24-12-13-25-52(46)65(55)42-18-6-2-7-19-42/h1-35H. The maximum Gasteiger partial charge on any atom is 0.160 e. The fraction of sp³-hybridized carbons (Fsp3) is 0. The first-order chi connectivity index (χ1) is 33.2. The van der Waals surface area contributed by atoms with Crippen molar-refractivity contribution in [2.24, 2.45) is 0 Å². The van der Waals surface area contributed by atoms with Gasteiger partial charge in [-0.3, -0.25) is 0 Å². The third kappa shape index (κ3) is 5.76. The van der Waals surface area contributed by atoms with Crippen molar-refractivity contribution in [3.63, 3.8) is 0 Å². The molecule has 0 fully saturated rings. The minimum Gasteiger partial charge on any atom is -0.309 e. The first kappa shape index (κ1) is 37.9. The summed E-state index contributed by atoms with van der Waals surface area (Å²) in [5, 5.41) is 28.8. The second-order valence-corrected chi connectivity index (χ2v) is 16.8. The van der Waals surface area contributed by atoms with Crippen LogP contribution < -0.4 is 0 Å². The summed E-state index contributed by atoms with van der Waals surface area (Å²) in [7, 11) is 0. The van der Waals surface area contributed by atoms with Crippen LogP contribution in [0.15, 0.2) is 212 Å². The predicted molar refractivity (Wildman–Crippen MR) is 271 cm³/mol. The lowest BCUT2D eigenvalue weighted by Crippen LogP contribution is -2.03. The average molecular weight is 854 g/mol. The summed E-state index contributed by atoms with van der Waals surface area (Å²) in [4.78, 5) is 10.4. The lowest BCUT2D eigenvalue weighted by molar-refractivity contribution is 1.14. The Morgan fingerprint density at radius 1 is 0.343 bits per heavy atom. The molecular weight excluding hydrogens is 819 g/mol. The molecule has 0 unspecified atom stereocenters. The van der Waals surface area contributed by atoms with Crippen LogP contribution in [0.1, 0.15) is 11.1 Å². The topological polar surface area (TPSA) is 88.2 Å². The molecule has 4 heterocycles. The van der Waals surface area contributed by atoms with Gasteiger partial charge in [0, 0.05) is 60.4 Å². The molecule has 9 aromatic carbocycles. The van der Waals surface area contributed by atoms with Crippen molar-refractivity contribution >= 4 is 65.4 Å². The number of benzene rings is 9. The number of aromatic nitrogens is 5. The Morgan fingerprint density at radius 2 is 0.821 bits per heavy atom. The smallest absolute Gasteiger partial charge is 0.160 e. The van der Waals surface area contributed by atoms with E-state index in [1.165, 1.54) is 0 Å². The van der Waals surface area contributed by atoms with Crippen LogP contribution in [0.25, 0.3) is 116 Å². The zero-order valence-corrected chi connectivity index (χ0v) is 35.8. The molecule has 0 amide bonds. The molecule has 0 atom stereocenters.